The van der Waals surface area contributed by atoms with Gasteiger partial charge in [0.1, 0.15) is 0 Å². The van der Waals surface area contributed by atoms with Crippen molar-refractivity contribution in [3.05, 3.63) is 107 Å². The predicted molar refractivity (Wildman–Crippen MR) is 122 cm³/mol. The molecule has 1 atom stereocenters. The van der Waals surface area contributed by atoms with Crippen molar-refractivity contribution < 1.29 is 9.90 Å². The molecular formula is C26H28N2O2. The van der Waals surface area contributed by atoms with E-state index in [1.807, 2.05) is 72.8 Å². The molecule has 30 heavy (non-hydrogen) atoms. The molecule has 0 aromatic heterocycles. The van der Waals surface area contributed by atoms with E-state index in [9.17, 15) is 9.90 Å². The topological polar surface area (TPSA) is 52.9 Å². The van der Waals surface area contributed by atoms with Gasteiger partial charge in [-0.25, -0.2) is 4.79 Å². The third-order valence-electron chi connectivity index (χ3n) is 5.11. The van der Waals surface area contributed by atoms with Crippen molar-refractivity contribution >= 4 is 11.7 Å². The summed E-state index contributed by atoms with van der Waals surface area (Å²) in [5.74, 6) is -0.922. The number of carboxylic acid groups (broad SMARTS) is 1. The lowest BCUT2D eigenvalue weighted by molar-refractivity contribution is -0.138. The van der Waals surface area contributed by atoms with Gasteiger partial charge in [0.25, 0.3) is 0 Å². The zero-order chi connectivity index (χ0) is 21.3. The SMILES string of the molecule is CCN(C)Cc1ccc(CC(N=C(c2ccccc2)c2ccccc2)C(=O)O)cc1. The van der Waals surface area contributed by atoms with Crippen LogP contribution in [0.25, 0.3) is 0 Å². The lowest BCUT2D eigenvalue weighted by atomic mass is 10.0. The van der Waals surface area contributed by atoms with E-state index >= 15 is 0 Å². The smallest absolute Gasteiger partial charge is 0.328 e. The van der Waals surface area contributed by atoms with Crippen molar-refractivity contribution in [1.29, 1.82) is 0 Å². The lowest BCUT2D eigenvalue weighted by Gasteiger charge is -2.15. The Labute approximate surface area is 178 Å². The molecule has 154 valence electrons. The quantitative estimate of drug-likeness (QED) is 0.531. The third-order valence-corrected chi connectivity index (χ3v) is 5.11. The molecule has 0 heterocycles. The van der Waals surface area contributed by atoms with Gasteiger partial charge < -0.3 is 10.0 Å². The molecule has 0 aliphatic rings. The Morgan fingerprint density at radius 3 is 1.83 bits per heavy atom. The van der Waals surface area contributed by atoms with Crippen LogP contribution in [-0.4, -0.2) is 41.3 Å². The number of carbonyl (C=O) groups is 1. The molecule has 3 aromatic carbocycles. The second-order valence-corrected chi connectivity index (χ2v) is 7.41. The molecule has 0 saturated heterocycles. The molecule has 0 fully saturated rings. The molecule has 4 heteroatoms. The molecular weight excluding hydrogens is 372 g/mol. The first-order chi connectivity index (χ1) is 14.6. The fraction of sp³-hybridized carbons (Fsp3) is 0.231. The van der Waals surface area contributed by atoms with Gasteiger partial charge >= 0.3 is 5.97 Å². The summed E-state index contributed by atoms with van der Waals surface area (Å²) >= 11 is 0. The van der Waals surface area contributed by atoms with E-state index in [4.69, 9.17) is 4.99 Å². The minimum Gasteiger partial charge on any atom is -0.480 e. The third kappa shape index (κ3) is 5.88. The highest BCUT2D eigenvalue weighted by Gasteiger charge is 2.19. The summed E-state index contributed by atoms with van der Waals surface area (Å²) in [7, 11) is 2.08. The van der Waals surface area contributed by atoms with Crippen LogP contribution in [0, 0.1) is 0 Å². The molecule has 0 saturated carbocycles. The van der Waals surface area contributed by atoms with Crippen LogP contribution in [0.15, 0.2) is 89.9 Å². The number of hydrogen-bond acceptors (Lipinski definition) is 3. The van der Waals surface area contributed by atoms with Crippen molar-refractivity contribution in [3.8, 4) is 0 Å². The van der Waals surface area contributed by atoms with Crippen molar-refractivity contribution in [2.45, 2.75) is 25.9 Å². The van der Waals surface area contributed by atoms with Crippen molar-refractivity contribution in [2.75, 3.05) is 13.6 Å². The van der Waals surface area contributed by atoms with E-state index in [0.717, 1.165) is 29.8 Å². The van der Waals surface area contributed by atoms with Gasteiger partial charge in [-0.2, -0.15) is 0 Å². The molecule has 3 rings (SSSR count). The highest BCUT2D eigenvalue weighted by atomic mass is 16.4. The number of nitrogens with zero attached hydrogens (tertiary/aromatic N) is 2. The Morgan fingerprint density at radius 1 is 0.867 bits per heavy atom. The molecule has 0 aliphatic heterocycles. The summed E-state index contributed by atoms with van der Waals surface area (Å²) in [4.78, 5) is 19.0. The van der Waals surface area contributed by atoms with Gasteiger partial charge in [-0.1, -0.05) is 91.9 Å². The van der Waals surface area contributed by atoms with Gasteiger partial charge in [-0.05, 0) is 24.7 Å². The second-order valence-electron chi connectivity index (χ2n) is 7.41. The van der Waals surface area contributed by atoms with Crippen molar-refractivity contribution in [1.82, 2.24) is 4.90 Å². The minimum atomic E-state index is -0.922. The van der Waals surface area contributed by atoms with Gasteiger partial charge in [-0.3, -0.25) is 4.99 Å². The standard InChI is InChI=1S/C26H28N2O2/c1-3-28(2)19-21-16-14-20(15-17-21)18-24(26(29)30)27-25(22-10-6-4-7-11-22)23-12-8-5-9-13-23/h4-17,24H,3,18-19H2,1-2H3,(H,29,30). The molecule has 0 radical (unpaired) electrons. The van der Waals surface area contributed by atoms with Gasteiger partial charge in [-0.15, -0.1) is 0 Å². The fourth-order valence-electron chi connectivity index (χ4n) is 3.28. The molecule has 3 aromatic rings. The summed E-state index contributed by atoms with van der Waals surface area (Å²) in [5, 5.41) is 9.87. The van der Waals surface area contributed by atoms with Crippen LogP contribution in [-0.2, 0) is 17.8 Å². The number of hydrogen-bond donors (Lipinski definition) is 1. The fourth-order valence-corrected chi connectivity index (χ4v) is 3.28. The summed E-state index contributed by atoms with van der Waals surface area (Å²) in [6, 6.07) is 26.8. The molecule has 4 nitrogen and oxygen atoms in total. The first kappa shape index (κ1) is 21.5. The van der Waals surface area contributed by atoms with E-state index in [1.54, 1.807) is 0 Å². The van der Waals surface area contributed by atoms with Crippen LogP contribution in [0.3, 0.4) is 0 Å². The van der Waals surface area contributed by atoms with E-state index in [0.29, 0.717) is 12.1 Å². The Morgan fingerprint density at radius 2 is 1.37 bits per heavy atom. The van der Waals surface area contributed by atoms with E-state index in [2.05, 4.69) is 31.0 Å². The van der Waals surface area contributed by atoms with E-state index in [1.165, 1.54) is 5.56 Å². The Balaban J connectivity index is 1.88. The summed E-state index contributed by atoms with van der Waals surface area (Å²) in [6.07, 6.45) is 0.350. The number of benzene rings is 3. The number of carboxylic acids is 1. The Bertz CT molecular complexity index is 925. The average Bonchev–Trinajstić information content (AvgIpc) is 2.78. The second kappa shape index (κ2) is 10.5. The maximum atomic E-state index is 12.0. The van der Waals surface area contributed by atoms with Crippen LogP contribution < -0.4 is 0 Å². The number of aliphatic imine (C=N–C) groups is 1. The molecule has 1 N–H and O–H groups in total. The normalized spacial score (nSPS) is 11.8. The Hall–Kier alpha value is -3.24. The van der Waals surface area contributed by atoms with Crippen LogP contribution in [0.4, 0.5) is 0 Å². The van der Waals surface area contributed by atoms with Crippen molar-refractivity contribution in [3.63, 3.8) is 0 Å². The van der Waals surface area contributed by atoms with Crippen molar-refractivity contribution in [2.24, 2.45) is 4.99 Å². The minimum absolute atomic E-state index is 0.350. The summed E-state index contributed by atoms with van der Waals surface area (Å²) in [5.41, 5.74) is 4.70. The largest absolute Gasteiger partial charge is 0.480 e. The molecule has 0 spiro atoms. The van der Waals surface area contributed by atoms with Crippen LogP contribution in [0.2, 0.25) is 0 Å². The monoisotopic (exact) mass is 400 g/mol. The molecule has 0 aliphatic carbocycles. The molecule has 0 bridgehead atoms. The zero-order valence-electron chi connectivity index (χ0n) is 17.5. The summed E-state index contributed by atoms with van der Waals surface area (Å²) in [6.45, 7) is 3.99. The lowest BCUT2D eigenvalue weighted by Crippen LogP contribution is -2.23. The average molecular weight is 401 g/mol. The Kier molecular flexibility index (Phi) is 7.52. The maximum absolute atomic E-state index is 12.0. The highest BCUT2D eigenvalue weighted by molar-refractivity contribution is 6.13. The van der Waals surface area contributed by atoms with Crippen LogP contribution >= 0.6 is 0 Å². The van der Waals surface area contributed by atoms with Gasteiger partial charge in [0.15, 0.2) is 6.04 Å². The van der Waals surface area contributed by atoms with Crippen LogP contribution in [0.1, 0.15) is 29.2 Å². The maximum Gasteiger partial charge on any atom is 0.328 e. The number of rotatable bonds is 9. The number of aliphatic carboxylic acids is 1. The zero-order valence-corrected chi connectivity index (χ0v) is 17.5. The van der Waals surface area contributed by atoms with Gasteiger partial charge in [0.2, 0.25) is 0 Å². The molecule has 0 amide bonds. The van der Waals surface area contributed by atoms with Crippen LogP contribution in [0.5, 0.6) is 0 Å². The first-order valence-corrected chi connectivity index (χ1v) is 10.2. The van der Waals surface area contributed by atoms with E-state index < -0.39 is 12.0 Å². The molecule has 1 unspecified atom stereocenters. The summed E-state index contributed by atoms with van der Waals surface area (Å²) < 4.78 is 0. The first-order valence-electron chi connectivity index (χ1n) is 10.2. The van der Waals surface area contributed by atoms with E-state index in [-0.39, 0.29) is 0 Å². The highest BCUT2D eigenvalue weighted by Crippen LogP contribution is 2.16. The predicted octanol–water partition coefficient (Wildman–Crippen LogP) is 4.67. The van der Waals surface area contributed by atoms with Gasteiger partial charge in [0, 0.05) is 24.1 Å². The van der Waals surface area contributed by atoms with Gasteiger partial charge in [0.05, 0.1) is 5.71 Å².